The number of alkyl halides is 3. The summed E-state index contributed by atoms with van der Waals surface area (Å²) in [7, 11) is 0. The number of benzene rings is 2. The topological polar surface area (TPSA) is 63.7 Å². The second-order valence-electron chi connectivity index (χ2n) is 8.31. The Hall–Kier alpha value is -3.34. The summed E-state index contributed by atoms with van der Waals surface area (Å²) in [6.07, 6.45) is -3.51. The second-order valence-corrected chi connectivity index (χ2v) is 9.20. The maximum absolute atomic E-state index is 13.3. The Morgan fingerprint density at radius 3 is 2.54 bits per heavy atom. The van der Waals surface area contributed by atoms with Gasteiger partial charge in [0.2, 0.25) is 0 Å². The quantitative estimate of drug-likeness (QED) is 0.432. The number of carbonyl (C=O) groups is 1. The highest BCUT2D eigenvalue weighted by Crippen LogP contribution is 2.38. The molecule has 11 heteroatoms. The van der Waals surface area contributed by atoms with E-state index in [1.165, 1.54) is 4.90 Å². The number of carbonyl (C=O) groups excluding carboxylic acids is 1. The predicted octanol–water partition coefficient (Wildman–Crippen LogP) is 6.15. The molecule has 6 nitrogen and oxygen atoms in total. The molecule has 184 valence electrons. The third-order valence-corrected chi connectivity index (χ3v) is 7.03. The number of thiazole rings is 1. The van der Waals surface area contributed by atoms with Crippen LogP contribution in [0.3, 0.4) is 0 Å². The van der Waals surface area contributed by atoms with E-state index in [4.69, 9.17) is 14.5 Å². The Bertz CT molecular complexity index is 1240. The first-order chi connectivity index (χ1) is 16.8. The molecule has 1 fully saturated rings. The van der Waals surface area contributed by atoms with Crippen molar-refractivity contribution in [3.63, 3.8) is 0 Å². The summed E-state index contributed by atoms with van der Waals surface area (Å²) in [6.45, 7) is 1.77. The molecule has 3 aromatic rings. The van der Waals surface area contributed by atoms with Crippen LogP contribution in [-0.4, -0.2) is 42.2 Å². The van der Waals surface area contributed by atoms with Gasteiger partial charge in [-0.2, -0.15) is 13.2 Å². The Morgan fingerprint density at radius 2 is 1.80 bits per heavy atom. The normalized spacial score (nSPS) is 16.3. The molecule has 0 saturated carbocycles. The van der Waals surface area contributed by atoms with Crippen LogP contribution in [-0.2, 0) is 6.18 Å². The number of ether oxygens (including phenoxy) is 2. The van der Waals surface area contributed by atoms with Gasteiger partial charge in [-0.3, -0.25) is 0 Å². The summed E-state index contributed by atoms with van der Waals surface area (Å²) in [5.41, 5.74) is 0.0803. The van der Waals surface area contributed by atoms with E-state index in [2.05, 4.69) is 5.32 Å². The lowest BCUT2D eigenvalue weighted by Crippen LogP contribution is -2.40. The van der Waals surface area contributed by atoms with Crippen molar-refractivity contribution in [1.29, 1.82) is 0 Å². The number of rotatable bonds is 3. The van der Waals surface area contributed by atoms with Gasteiger partial charge in [0.05, 0.1) is 22.0 Å². The van der Waals surface area contributed by atoms with Gasteiger partial charge in [-0.15, -0.1) is 11.3 Å². The number of nitrogens with one attached hydrogen (secondary N) is 1. The minimum Gasteiger partial charge on any atom is -0.486 e. The van der Waals surface area contributed by atoms with E-state index in [0.717, 1.165) is 28.4 Å². The van der Waals surface area contributed by atoms with E-state index in [9.17, 15) is 22.4 Å². The third-order valence-electron chi connectivity index (χ3n) is 6.02. The van der Waals surface area contributed by atoms with Gasteiger partial charge in [0.1, 0.15) is 19.0 Å². The van der Waals surface area contributed by atoms with Gasteiger partial charge in [-0.25, -0.2) is 14.2 Å². The van der Waals surface area contributed by atoms with Gasteiger partial charge in [-0.1, -0.05) is 0 Å². The minimum absolute atomic E-state index is 0.145. The number of urea groups is 1. The maximum Gasteiger partial charge on any atom is 0.418 e. The van der Waals surface area contributed by atoms with Crippen molar-refractivity contribution >= 4 is 23.1 Å². The fourth-order valence-electron chi connectivity index (χ4n) is 4.19. The molecule has 3 heterocycles. The van der Waals surface area contributed by atoms with Gasteiger partial charge in [0.15, 0.2) is 11.5 Å². The van der Waals surface area contributed by atoms with E-state index in [1.807, 2.05) is 23.6 Å². The number of anilines is 1. The van der Waals surface area contributed by atoms with Gasteiger partial charge in [0.25, 0.3) is 0 Å². The molecule has 0 bridgehead atoms. The number of hydrogen-bond acceptors (Lipinski definition) is 5. The van der Waals surface area contributed by atoms with Crippen LogP contribution >= 0.6 is 11.3 Å². The number of fused-ring (bicyclic) bond motifs is 1. The van der Waals surface area contributed by atoms with Gasteiger partial charge in [-0.05, 0) is 49.2 Å². The van der Waals surface area contributed by atoms with E-state index in [1.54, 1.807) is 11.3 Å². The summed E-state index contributed by atoms with van der Waals surface area (Å²) < 4.78 is 64.2. The summed E-state index contributed by atoms with van der Waals surface area (Å²) in [4.78, 5) is 18.8. The first-order valence-electron chi connectivity index (χ1n) is 11.1. The number of nitrogens with zero attached hydrogens (tertiary/aromatic N) is 2. The molecule has 1 saturated heterocycles. The van der Waals surface area contributed by atoms with Crippen LogP contribution in [0, 0.1) is 5.82 Å². The van der Waals surface area contributed by atoms with Crippen LogP contribution in [0.2, 0.25) is 0 Å². The largest absolute Gasteiger partial charge is 0.486 e. The van der Waals surface area contributed by atoms with Crippen molar-refractivity contribution in [3.8, 4) is 22.8 Å². The van der Waals surface area contributed by atoms with Crippen molar-refractivity contribution in [2.45, 2.75) is 24.9 Å². The average Bonchev–Trinajstić information content (AvgIpc) is 3.35. The number of halogens is 4. The van der Waals surface area contributed by atoms with Crippen molar-refractivity contribution in [2.75, 3.05) is 31.6 Å². The monoisotopic (exact) mass is 507 g/mol. The third kappa shape index (κ3) is 5.04. The number of piperidine rings is 1. The van der Waals surface area contributed by atoms with Crippen LogP contribution in [0.25, 0.3) is 11.3 Å². The van der Waals surface area contributed by atoms with Crippen molar-refractivity contribution in [2.24, 2.45) is 0 Å². The Kier molecular flexibility index (Phi) is 6.26. The number of hydrogen-bond donors (Lipinski definition) is 1. The lowest BCUT2D eigenvalue weighted by Gasteiger charge is -2.31. The molecule has 0 radical (unpaired) electrons. The Balaban J connectivity index is 1.22. The zero-order chi connectivity index (χ0) is 24.6. The van der Waals surface area contributed by atoms with E-state index >= 15 is 0 Å². The average molecular weight is 508 g/mol. The van der Waals surface area contributed by atoms with Crippen LogP contribution in [0.15, 0.2) is 41.8 Å². The lowest BCUT2D eigenvalue weighted by molar-refractivity contribution is -0.137. The van der Waals surface area contributed by atoms with Crippen LogP contribution < -0.4 is 14.8 Å². The number of amides is 2. The van der Waals surface area contributed by atoms with Gasteiger partial charge in [0, 0.05) is 30.0 Å². The van der Waals surface area contributed by atoms with E-state index < -0.39 is 29.3 Å². The summed E-state index contributed by atoms with van der Waals surface area (Å²) in [5.74, 6) is 0.531. The molecule has 1 N–H and O–H groups in total. The molecule has 5 rings (SSSR count). The Morgan fingerprint density at radius 1 is 1.06 bits per heavy atom. The first-order valence-corrected chi connectivity index (χ1v) is 11.9. The van der Waals surface area contributed by atoms with Crippen molar-refractivity contribution in [3.05, 3.63) is 58.2 Å². The molecule has 1 aromatic heterocycles. The molecule has 0 aliphatic carbocycles. The van der Waals surface area contributed by atoms with Crippen molar-refractivity contribution < 1.29 is 31.8 Å². The summed E-state index contributed by atoms with van der Waals surface area (Å²) in [6, 6.07) is 7.26. The van der Waals surface area contributed by atoms with E-state index in [-0.39, 0.29) is 5.92 Å². The molecule has 2 aromatic carbocycles. The molecule has 35 heavy (non-hydrogen) atoms. The zero-order valence-corrected chi connectivity index (χ0v) is 19.2. The van der Waals surface area contributed by atoms with Crippen LogP contribution in [0.1, 0.15) is 29.3 Å². The highest BCUT2D eigenvalue weighted by atomic mass is 32.1. The standard InChI is InChI=1S/C24H21F4N3O3S/c25-16-2-3-18(17(12-16)24(26,27)28)30-23(32)31-7-5-14(6-8-31)22-29-19(13-35-22)15-1-4-20-21(11-15)34-10-9-33-20/h1-4,11-14H,5-10H2,(H,30,32). The van der Waals surface area contributed by atoms with Crippen LogP contribution in [0.4, 0.5) is 28.0 Å². The molecular formula is C24H21F4N3O3S. The highest BCUT2D eigenvalue weighted by molar-refractivity contribution is 7.10. The fourth-order valence-corrected chi connectivity index (χ4v) is 5.19. The maximum atomic E-state index is 13.3. The molecule has 0 unspecified atom stereocenters. The molecule has 2 aliphatic rings. The summed E-state index contributed by atoms with van der Waals surface area (Å²) in [5, 5.41) is 5.22. The molecule has 0 spiro atoms. The Labute approximate surface area is 202 Å². The molecular weight excluding hydrogens is 486 g/mol. The fraction of sp³-hybridized carbons (Fsp3) is 0.333. The van der Waals surface area contributed by atoms with E-state index in [0.29, 0.717) is 56.7 Å². The predicted molar refractivity (Wildman–Crippen MR) is 123 cm³/mol. The molecule has 2 aliphatic heterocycles. The number of likely N-dealkylation sites (tertiary alicyclic amines) is 1. The molecule has 0 atom stereocenters. The minimum atomic E-state index is -4.78. The first kappa shape index (κ1) is 23.4. The highest BCUT2D eigenvalue weighted by Gasteiger charge is 2.35. The van der Waals surface area contributed by atoms with Crippen molar-refractivity contribution in [1.82, 2.24) is 9.88 Å². The zero-order valence-electron chi connectivity index (χ0n) is 18.4. The SMILES string of the molecule is O=C(Nc1ccc(F)cc1C(F)(F)F)N1CCC(c2nc(-c3ccc4c(c3)OCCO4)cs2)CC1. The summed E-state index contributed by atoms with van der Waals surface area (Å²) >= 11 is 1.54. The van der Waals surface area contributed by atoms with Crippen LogP contribution in [0.5, 0.6) is 11.5 Å². The molecule has 2 amide bonds. The lowest BCUT2D eigenvalue weighted by atomic mass is 9.97. The number of aromatic nitrogens is 1. The van der Waals surface area contributed by atoms with Gasteiger partial charge >= 0.3 is 12.2 Å². The second kappa shape index (κ2) is 9.37. The van der Waals surface area contributed by atoms with Gasteiger partial charge < -0.3 is 19.7 Å². The smallest absolute Gasteiger partial charge is 0.418 e.